The number of carbonyl (C=O) groups excluding carboxylic acids is 1. The van der Waals surface area contributed by atoms with Crippen molar-refractivity contribution in [1.29, 1.82) is 0 Å². The zero-order chi connectivity index (χ0) is 18.9. The largest absolute Gasteiger partial charge is 0.353 e. The Kier molecular flexibility index (Phi) is 4.23. The van der Waals surface area contributed by atoms with E-state index >= 15 is 0 Å². The highest BCUT2D eigenvalue weighted by Crippen LogP contribution is 2.39. The molecule has 1 saturated carbocycles. The molecule has 1 saturated heterocycles. The first kappa shape index (κ1) is 16.9. The van der Waals surface area contributed by atoms with E-state index in [1.165, 1.54) is 0 Å². The number of pyridine rings is 2. The standard InChI is InChI=1S/C20H20N6O2/c27-20(15-5-7-21-8-6-15)26-11-9-25(10-12-26)17-4-3-16(13-22-17)18-23-19(28-24-18)14-1-2-14/h3-8,13-14H,1-2,9-12H2. The molecule has 8 heteroatoms. The Balaban J connectivity index is 1.22. The fourth-order valence-electron chi connectivity index (χ4n) is 3.37. The van der Waals surface area contributed by atoms with E-state index in [1.54, 1.807) is 30.7 Å². The van der Waals surface area contributed by atoms with Crippen LogP contribution in [0, 0.1) is 0 Å². The summed E-state index contributed by atoms with van der Waals surface area (Å²) < 4.78 is 5.32. The van der Waals surface area contributed by atoms with Gasteiger partial charge in [-0.15, -0.1) is 0 Å². The molecule has 0 spiro atoms. The first-order valence-corrected chi connectivity index (χ1v) is 9.52. The summed E-state index contributed by atoms with van der Waals surface area (Å²) in [7, 11) is 0. The Bertz CT molecular complexity index is 960. The summed E-state index contributed by atoms with van der Waals surface area (Å²) in [6.07, 6.45) is 7.34. The van der Waals surface area contributed by atoms with Gasteiger partial charge in [0.2, 0.25) is 11.7 Å². The zero-order valence-electron chi connectivity index (χ0n) is 15.4. The number of hydrogen-bond donors (Lipinski definition) is 0. The minimum absolute atomic E-state index is 0.0499. The molecule has 2 aliphatic rings. The van der Waals surface area contributed by atoms with E-state index in [-0.39, 0.29) is 5.91 Å². The second-order valence-electron chi connectivity index (χ2n) is 7.15. The topological polar surface area (TPSA) is 88.3 Å². The van der Waals surface area contributed by atoms with Crippen molar-refractivity contribution in [2.75, 3.05) is 31.1 Å². The van der Waals surface area contributed by atoms with Crippen LogP contribution in [0.4, 0.5) is 5.82 Å². The number of aromatic nitrogens is 4. The Morgan fingerprint density at radius 3 is 2.50 bits per heavy atom. The van der Waals surface area contributed by atoms with Gasteiger partial charge in [0.05, 0.1) is 0 Å². The lowest BCUT2D eigenvalue weighted by atomic mass is 10.2. The van der Waals surface area contributed by atoms with Crippen LogP contribution in [-0.2, 0) is 0 Å². The molecular weight excluding hydrogens is 356 g/mol. The first-order valence-electron chi connectivity index (χ1n) is 9.52. The lowest BCUT2D eigenvalue weighted by Crippen LogP contribution is -2.49. The van der Waals surface area contributed by atoms with Crippen LogP contribution in [0.15, 0.2) is 47.4 Å². The molecule has 2 fully saturated rings. The summed E-state index contributed by atoms with van der Waals surface area (Å²) in [5, 5.41) is 4.06. The molecule has 0 N–H and O–H groups in total. The van der Waals surface area contributed by atoms with E-state index in [0.29, 0.717) is 30.4 Å². The summed E-state index contributed by atoms with van der Waals surface area (Å²) in [6, 6.07) is 7.45. The predicted octanol–water partition coefficient (Wildman–Crippen LogP) is 2.37. The summed E-state index contributed by atoms with van der Waals surface area (Å²) in [4.78, 5) is 29.6. The molecule has 1 amide bonds. The minimum Gasteiger partial charge on any atom is -0.353 e. The van der Waals surface area contributed by atoms with Gasteiger partial charge in [-0.25, -0.2) is 4.98 Å². The molecule has 0 bridgehead atoms. The SMILES string of the molecule is O=C(c1ccncc1)N1CCN(c2ccc(-c3noc(C4CC4)n3)cn2)CC1. The van der Waals surface area contributed by atoms with Gasteiger partial charge in [-0.3, -0.25) is 9.78 Å². The van der Waals surface area contributed by atoms with Crippen molar-refractivity contribution in [2.24, 2.45) is 0 Å². The van der Waals surface area contributed by atoms with Gasteiger partial charge in [0, 0.05) is 61.8 Å². The summed E-state index contributed by atoms with van der Waals surface area (Å²) in [5.74, 6) is 2.71. The van der Waals surface area contributed by atoms with Crippen molar-refractivity contribution in [1.82, 2.24) is 25.0 Å². The third-order valence-corrected chi connectivity index (χ3v) is 5.19. The van der Waals surface area contributed by atoms with Crippen LogP contribution in [0.2, 0.25) is 0 Å². The number of anilines is 1. The molecule has 3 aromatic heterocycles. The molecule has 28 heavy (non-hydrogen) atoms. The Morgan fingerprint density at radius 2 is 1.82 bits per heavy atom. The maximum absolute atomic E-state index is 12.5. The number of nitrogens with zero attached hydrogens (tertiary/aromatic N) is 6. The highest BCUT2D eigenvalue weighted by Gasteiger charge is 2.30. The van der Waals surface area contributed by atoms with Crippen LogP contribution < -0.4 is 4.90 Å². The summed E-state index contributed by atoms with van der Waals surface area (Å²) in [5.41, 5.74) is 1.53. The van der Waals surface area contributed by atoms with Gasteiger partial charge in [-0.1, -0.05) is 5.16 Å². The van der Waals surface area contributed by atoms with Crippen molar-refractivity contribution in [2.45, 2.75) is 18.8 Å². The van der Waals surface area contributed by atoms with E-state index in [9.17, 15) is 4.79 Å². The smallest absolute Gasteiger partial charge is 0.254 e. The van der Waals surface area contributed by atoms with E-state index in [1.807, 2.05) is 17.0 Å². The molecule has 1 aliphatic heterocycles. The Morgan fingerprint density at radius 1 is 1.04 bits per heavy atom. The van der Waals surface area contributed by atoms with Crippen molar-refractivity contribution in [3.05, 3.63) is 54.3 Å². The lowest BCUT2D eigenvalue weighted by Gasteiger charge is -2.35. The maximum atomic E-state index is 12.5. The van der Waals surface area contributed by atoms with Gasteiger partial charge in [0.15, 0.2) is 0 Å². The zero-order valence-corrected chi connectivity index (χ0v) is 15.4. The van der Waals surface area contributed by atoms with Crippen molar-refractivity contribution in [3.63, 3.8) is 0 Å². The quantitative estimate of drug-likeness (QED) is 0.691. The number of piperazine rings is 1. The average Bonchev–Trinajstić information content (AvgIpc) is 3.51. The van der Waals surface area contributed by atoms with Crippen LogP contribution in [0.1, 0.15) is 35.0 Å². The van der Waals surface area contributed by atoms with Crippen LogP contribution in [0.5, 0.6) is 0 Å². The Hall–Kier alpha value is -3.29. The number of rotatable bonds is 4. The van der Waals surface area contributed by atoms with Crippen LogP contribution >= 0.6 is 0 Å². The van der Waals surface area contributed by atoms with Gasteiger partial charge < -0.3 is 14.3 Å². The second-order valence-corrected chi connectivity index (χ2v) is 7.15. The van der Waals surface area contributed by atoms with Gasteiger partial charge >= 0.3 is 0 Å². The molecule has 0 radical (unpaired) electrons. The molecule has 0 unspecified atom stereocenters. The third kappa shape index (κ3) is 3.33. The van der Waals surface area contributed by atoms with E-state index < -0.39 is 0 Å². The first-order chi connectivity index (χ1) is 13.8. The van der Waals surface area contributed by atoms with Crippen LogP contribution in [-0.4, -0.2) is 57.1 Å². The van der Waals surface area contributed by atoms with Crippen molar-refractivity contribution in [3.8, 4) is 11.4 Å². The highest BCUT2D eigenvalue weighted by atomic mass is 16.5. The van der Waals surface area contributed by atoms with E-state index in [4.69, 9.17) is 4.52 Å². The van der Waals surface area contributed by atoms with Gasteiger partial charge in [-0.2, -0.15) is 4.98 Å². The second kappa shape index (κ2) is 7.03. The summed E-state index contributed by atoms with van der Waals surface area (Å²) in [6.45, 7) is 2.83. The number of amides is 1. The molecule has 8 nitrogen and oxygen atoms in total. The molecule has 1 aliphatic carbocycles. The minimum atomic E-state index is 0.0499. The van der Waals surface area contributed by atoms with Crippen LogP contribution in [0.3, 0.4) is 0 Å². The van der Waals surface area contributed by atoms with Crippen molar-refractivity contribution >= 4 is 11.7 Å². The van der Waals surface area contributed by atoms with Gasteiger partial charge in [0.1, 0.15) is 5.82 Å². The molecule has 4 heterocycles. The summed E-state index contributed by atoms with van der Waals surface area (Å²) >= 11 is 0. The highest BCUT2D eigenvalue weighted by molar-refractivity contribution is 5.94. The van der Waals surface area contributed by atoms with Gasteiger partial charge in [0.25, 0.3) is 5.91 Å². The van der Waals surface area contributed by atoms with E-state index in [0.717, 1.165) is 43.2 Å². The molecule has 142 valence electrons. The molecular formula is C20H20N6O2. The molecule has 0 aromatic carbocycles. The van der Waals surface area contributed by atoms with Crippen LogP contribution in [0.25, 0.3) is 11.4 Å². The maximum Gasteiger partial charge on any atom is 0.254 e. The Labute approximate surface area is 162 Å². The molecule has 3 aromatic rings. The third-order valence-electron chi connectivity index (χ3n) is 5.19. The van der Waals surface area contributed by atoms with Gasteiger partial charge in [-0.05, 0) is 37.1 Å². The molecule has 5 rings (SSSR count). The number of carbonyl (C=O) groups is 1. The monoisotopic (exact) mass is 376 g/mol. The predicted molar refractivity (Wildman–Crippen MR) is 102 cm³/mol. The lowest BCUT2D eigenvalue weighted by molar-refractivity contribution is 0.0746. The average molecular weight is 376 g/mol. The molecule has 0 atom stereocenters. The fraction of sp³-hybridized carbons (Fsp3) is 0.350. The fourth-order valence-corrected chi connectivity index (χ4v) is 3.37. The van der Waals surface area contributed by atoms with E-state index in [2.05, 4.69) is 25.0 Å². The number of hydrogen-bond acceptors (Lipinski definition) is 7. The van der Waals surface area contributed by atoms with Crippen molar-refractivity contribution < 1.29 is 9.32 Å². The normalized spacial score (nSPS) is 17.0.